The van der Waals surface area contributed by atoms with Crippen molar-refractivity contribution in [1.82, 2.24) is 0 Å². The molecule has 0 saturated heterocycles. The lowest BCUT2D eigenvalue weighted by molar-refractivity contribution is -0.384. The van der Waals surface area contributed by atoms with E-state index in [1.807, 2.05) is 18.4 Å². The third-order valence-electron chi connectivity index (χ3n) is 4.09. The summed E-state index contributed by atoms with van der Waals surface area (Å²) >= 11 is 1.45. The van der Waals surface area contributed by atoms with Crippen LogP contribution in [0.25, 0.3) is 0 Å². The van der Waals surface area contributed by atoms with Gasteiger partial charge in [-0.2, -0.15) is 0 Å². The van der Waals surface area contributed by atoms with E-state index in [1.54, 1.807) is 19.1 Å². The fourth-order valence-electron chi connectivity index (χ4n) is 2.71. The average Bonchev–Trinajstić information content (AvgIpc) is 2.62. The number of nitro groups is 1. The molecule has 0 saturated carbocycles. The molecule has 28 heavy (non-hydrogen) atoms. The number of rotatable bonds is 7. The average molecular weight is 424 g/mol. The Bertz CT molecular complexity index is 1010. The van der Waals surface area contributed by atoms with Crippen LogP contribution in [-0.4, -0.2) is 37.8 Å². The smallest absolute Gasteiger partial charge is 0.271 e. The molecule has 0 fully saturated rings. The van der Waals surface area contributed by atoms with Crippen LogP contribution in [0.4, 0.5) is 17.1 Å². The molecular weight excluding hydrogens is 402 g/mol. The summed E-state index contributed by atoms with van der Waals surface area (Å²) in [5.74, 6) is -0.544. The van der Waals surface area contributed by atoms with Gasteiger partial charge in [-0.3, -0.25) is 19.2 Å². The number of aryl methyl sites for hydroxylation is 1. The first-order valence-corrected chi connectivity index (χ1v) is 11.3. The van der Waals surface area contributed by atoms with Crippen molar-refractivity contribution in [1.29, 1.82) is 0 Å². The number of nitrogens with one attached hydrogen (secondary N) is 1. The molecule has 1 atom stereocenters. The van der Waals surface area contributed by atoms with Crippen LogP contribution in [0.1, 0.15) is 12.5 Å². The minimum atomic E-state index is -3.89. The van der Waals surface area contributed by atoms with E-state index in [4.69, 9.17) is 0 Å². The van der Waals surface area contributed by atoms with Gasteiger partial charge in [0.2, 0.25) is 15.9 Å². The van der Waals surface area contributed by atoms with E-state index in [9.17, 15) is 23.3 Å². The van der Waals surface area contributed by atoms with Crippen molar-refractivity contribution in [3.8, 4) is 0 Å². The summed E-state index contributed by atoms with van der Waals surface area (Å²) in [4.78, 5) is 24.1. The number of para-hydroxylation sites is 1. The second-order valence-electron chi connectivity index (χ2n) is 6.15. The first kappa shape index (κ1) is 21.7. The quantitative estimate of drug-likeness (QED) is 0.415. The molecule has 0 heterocycles. The van der Waals surface area contributed by atoms with Crippen molar-refractivity contribution in [3.05, 3.63) is 58.1 Å². The van der Waals surface area contributed by atoms with Gasteiger partial charge in [-0.25, -0.2) is 8.42 Å². The molecule has 2 aromatic rings. The molecule has 10 heteroatoms. The number of nitro benzene ring substituents is 1. The van der Waals surface area contributed by atoms with Crippen LogP contribution < -0.4 is 9.62 Å². The lowest BCUT2D eigenvalue weighted by atomic mass is 10.1. The molecule has 1 unspecified atom stereocenters. The number of amides is 1. The highest BCUT2D eigenvalue weighted by molar-refractivity contribution is 7.98. The van der Waals surface area contributed by atoms with Gasteiger partial charge in [-0.05, 0) is 37.8 Å². The fraction of sp³-hybridized carbons (Fsp3) is 0.278. The normalized spacial score (nSPS) is 12.3. The molecule has 150 valence electrons. The van der Waals surface area contributed by atoms with Crippen LogP contribution in [0.2, 0.25) is 0 Å². The zero-order chi connectivity index (χ0) is 21.1. The number of non-ortho nitro benzene ring substituents is 1. The van der Waals surface area contributed by atoms with Crippen LogP contribution in [-0.2, 0) is 14.8 Å². The van der Waals surface area contributed by atoms with Crippen LogP contribution in [0.5, 0.6) is 0 Å². The molecule has 2 aromatic carbocycles. The summed E-state index contributed by atoms with van der Waals surface area (Å²) in [6.45, 7) is 3.07. The van der Waals surface area contributed by atoms with E-state index in [-0.39, 0.29) is 11.4 Å². The second kappa shape index (κ2) is 8.61. The summed E-state index contributed by atoms with van der Waals surface area (Å²) in [5, 5.41) is 13.8. The molecule has 1 amide bonds. The van der Waals surface area contributed by atoms with Gasteiger partial charge in [0.15, 0.2) is 0 Å². The van der Waals surface area contributed by atoms with Crippen molar-refractivity contribution in [2.45, 2.75) is 24.8 Å². The first-order valence-electron chi connectivity index (χ1n) is 8.24. The van der Waals surface area contributed by atoms with Gasteiger partial charge in [-0.1, -0.05) is 18.2 Å². The topological polar surface area (TPSA) is 110 Å². The highest BCUT2D eigenvalue weighted by atomic mass is 32.2. The predicted molar refractivity (Wildman–Crippen MR) is 111 cm³/mol. The van der Waals surface area contributed by atoms with E-state index in [0.717, 1.165) is 21.5 Å². The molecule has 0 aliphatic heterocycles. The van der Waals surface area contributed by atoms with Crippen molar-refractivity contribution < 1.29 is 18.1 Å². The molecule has 0 radical (unpaired) electrons. The maximum absolute atomic E-state index is 12.8. The monoisotopic (exact) mass is 423 g/mol. The van der Waals surface area contributed by atoms with E-state index >= 15 is 0 Å². The maximum Gasteiger partial charge on any atom is 0.271 e. The largest absolute Gasteiger partial charge is 0.323 e. The van der Waals surface area contributed by atoms with Gasteiger partial charge >= 0.3 is 0 Å². The fourth-order valence-corrected chi connectivity index (χ4v) is 4.49. The molecular formula is C18H21N3O5S2. The summed E-state index contributed by atoms with van der Waals surface area (Å²) in [5.41, 5.74) is 0.906. The standard InChI is InChI=1S/C18H21N3O5S2/c1-12-9-10-14(21(23)24)11-16(12)20(28(4,25)26)13(2)18(22)19-15-7-5-6-8-17(15)27-3/h5-11,13H,1-4H3,(H,19,22). The van der Waals surface area contributed by atoms with Crippen LogP contribution >= 0.6 is 11.8 Å². The molecule has 8 nitrogen and oxygen atoms in total. The van der Waals surface area contributed by atoms with Gasteiger partial charge in [0.05, 0.1) is 22.6 Å². The summed E-state index contributed by atoms with van der Waals surface area (Å²) in [7, 11) is -3.89. The number of hydrogen-bond donors (Lipinski definition) is 1. The van der Waals surface area contributed by atoms with Gasteiger partial charge in [0.1, 0.15) is 6.04 Å². The number of anilines is 2. The van der Waals surface area contributed by atoms with Crippen molar-refractivity contribution in [3.63, 3.8) is 0 Å². The lowest BCUT2D eigenvalue weighted by Crippen LogP contribution is -2.45. The minimum absolute atomic E-state index is 0.0949. The Morgan fingerprint density at radius 3 is 2.46 bits per heavy atom. The molecule has 0 bridgehead atoms. The lowest BCUT2D eigenvalue weighted by Gasteiger charge is -2.29. The zero-order valence-corrected chi connectivity index (χ0v) is 17.5. The SMILES string of the molecule is CSc1ccccc1NC(=O)C(C)N(c1cc([N+](=O)[O-])ccc1C)S(C)(=O)=O. The zero-order valence-electron chi connectivity index (χ0n) is 15.9. The van der Waals surface area contributed by atoms with E-state index in [2.05, 4.69) is 5.32 Å². The Morgan fingerprint density at radius 2 is 1.89 bits per heavy atom. The number of nitrogens with zero attached hydrogens (tertiary/aromatic N) is 2. The highest BCUT2D eigenvalue weighted by Crippen LogP contribution is 2.30. The van der Waals surface area contributed by atoms with E-state index in [0.29, 0.717) is 11.3 Å². The molecule has 0 aliphatic rings. The van der Waals surface area contributed by atoms with Gasteiger partial charge < -0.3 is 5.32 Å². The Morgan fingerprint density at radius 1 is 1.25 bits per heavy atom. The predicted octanol–water partition coefficient (Wildman–Crippen LogP) is 3.42. The number of carbonyl (C=O) groups excluding carboxylic acids is 1. The molecule has 1 N–H and O–H groups in total. The maximum atomic E-state index is 12.8. The third-order valence-corrected chi connectivity index (χ3v) is 6.12. The van der Waals surface area contributed by atoms with Crippen LogP contribution in [0.3, 0.4) is 0 Å². The van der Waals surface area contributed by atoms with Crippen molar-refractivity contribution in [2.75, 3.05) is 22.1 Å². The molecule has 2 rings (SSSR count). The van der Waals surface area contributed by atoms with Crippen molar-refractivity contribution in [2.24, 2.45) is 0 Å². The molecule has 0 aliphatic carbocycles. The Balaban J connectivity index is 2.45. The van der Waals surface area contributed by atoms with Gasteiger partial charge in [0, 0.05) is 17.0 Å². The number of benzene rings is 2. The highest BCUT2D eigenvalue weighted by Gasteiger charge is 2.31. The van der Waals surface area contributed by atoms with Crippen LogP contribution in [0.15, 0.2) is 47.4 Å². The Kier molecular flexibility index (Phi) is 6.68. The summed E-state index contributed by atoms with van der Waals surface area (Å²) < 4.78 is 25.8. The number of carbonyl (C=O) groups is 1. The number of thioether (sulfide) groups is 1. The summed E-state index contributed by atoms with van der Waals surface area (Å²) in [6.07, 6.45) is 2.83. The first-order chi connectivity index (χ1) is 13.1. The second-order valence-corrected chi connectivity index (χ2v) is 8.86. The number of hydrogen-bond acceptors (Lipinski definition) is 6. The minimum Gasteiger partial charge on any atom is -0.323 e. The van der Waals surface area contributed by atoms with Crippen molar-refractivity contribution >= 4 is 44.8 Å². The molecule has 0 aromatic heterocycles. The third kappa shape index (κ3) is 4.82. The Labute approximate surface area is 168 Å². The Hall–Kier alpha value is -2.59. The number of sulfonamides is 1. The van der Waals surface area contributed by atoms with Gasteiger partial charge in [-0.15, -0.1) is 11.8 Å². The molecule has 0 spiro atoms. The van der Waals surface area contributed by atoms with E-state index in [1.165, 1.54) is 30.8 Å². The van der Waals surface area contributed by atoms with E-state index < -0.39 is 26.9 Å². The summed E-state index contributed by atoms with van der Waals surface area (Å²) in [6, 6.07) is 9.95. The van der Waals surface area contributed by atoms with Crippen LogP contribution in [0, 0.1) is 17.0 Å². The van der Waals surface area contributed by atoms with Gasteiger partial charge in [0.25, 0.3) is 5.69 Å².